The monoisotopic (exact) mass is 306 g/mol. The first-order chi connectivity index (χ1) is 10.6. The second-order valence-electron chi connectivity index (χ2n) is 6.55. The Hall–Kier alpha value is -1.59. The summed E-state index contributed by atoms with van der Waals surface area (Å²) in [4.78, 5) is 4.35. The molecular formula is C16H30N6. The zero-order valence-corrected chi connectivity index (χ0v) is 14.3. The van der Waals surface area contributed by atoms with Gasteiger partial charge in [-0.05, 0) is 31.1 Å². The Labute approximate surface area is 133 Å². The van der Waals surface area contributed by atoms with Crippen LogP contribution in [0.4, 0.5) is 0 Å². The van der Waals surface area contributed by atoms with Gasteiger partial charge in [0.25, 0.3) is 0 Å². The predicted octanol–water partition coefficient (Wildman–Crippen LogP) is 1.83. The molecule has 124 valence electrons. The first-order valence-corrected chi connectivity index (χ1v) is 8.46. The van der Waals surface area contributed by atoms with E-state index in [0.29, 0.717) is 6.04 Å². The number of hydrogen-bond acceptors (Lipinski definition) is 3. The smallest absolute Gasteiger partial charge is 0.191 e. The summed E-state index contributed by atoms with van der Waals surface area (Å²) < 4.78 is 2.09. The van der Waals surface area contributed by atoms with E-state index in [-0.39, 0.29) is 0 Å². The van der Waals surface area contributed by atoms with Crippen molar-refractivity contribution in [3.05, 3.63) is 12.2 Å². The average Bonchev–Trinajstić information content (AvgIpc) is 2.92. The van der Waals surface area contributed by atoms with Gasteiger partial charge < -0.3 is 15.2 Å². The molecule has 2 rings (SSSR count). The summed E-state index contributed by atoms with van der Waals surface area (Å²) in [6, 6.07) is 0.533. The SMILES string of the molecule is CCc1nncn1CCNC(=NC)NC1CC(C)CC(C)C1. The topological polar surface area (TPSA) is 67.1 Å². The Balaban J connectivity index is 1.78. The molecule has 1 aromatic heterocycles. The molecule has 0 aromatic carbocycles. The number of aliphatic imine (C=N–C) groups is 1. The van der Waals surface area contributed by atoms with Crippen LogP contribution >= 0.6 is 0 Å². The molecule has 2 unspecified atom stereocenters. The summed E-state index contributed by atoms with van der Waals surface area (Å²) in [6.45, 7) is 8.47. The highest BCUT2D eigenvalue weighted by molar-refractivity contribution is 5.79. The number of guanidine groups is 1. The van der Waals surface area contributed by atoms with Crippen molar-refractivity contribution >= 4 is 5.96 Å². The summed E-state index contributed by atoms with van der Waals surface area (Å²) >= 11 is 0. The molecule has 0 saturated heterocycles. The van der Waals surface area contributed by atoms with Gasteiger partial charge in [0.15, 0.2) is 5.96 Å². The molecule has 0 bridgehead atoms. The molecule has 0 spiro atoms. The Kier molecular flexibility index (Phi) is 6.21. The van der Waals surface area contributed by atoms with Crippen LogP contribution in [0.15, 0.2) is 11.3 Å². The minimum atomic E-state index is 0.533. The number of aryl methyl sites for hydroxylation is 1. The van der Waals surface area contributed by atoms with Crippen molar-refractivity contribution in [2.24, 2.45) is 16.8 Å². The van der Waals surface area contributed by atoms with Crippen molar-refractivity contribution in [1.29, 1.82) is 0 Å². The van der Waals surface area contributed by atoms with Crippen LogP contribution in [0.25, 0.3) is 0 Å². The van der Waals surface area contributed by atoms with Crippen molar-refractivity contribution in [3.63, 3.8) is 0 Å². The fourth-order valence-corrected chi connectivity index (χ4v) is 3.49. The highest BCUT2D eigenvalue weighted by atomic mass is 15.3. The van der Waals surface area contributed by atoms with E-state index in [1.165, 1.54) is 19.3 Å². The van der Waals surface area contributed by atoms with Gasteiger partial charge in [0.2, 0.25) is 0 Å². The summed E-state index contributed by atoms with van der Waals surface area (Å²) in [6.07, 6.45) is 6.51. The summed E-state index contributed by atoms with van der Waals surface area (Å²) in [5.41, 5.74) is 0. The van der Waals surface area contributed by atoms with Gasteiger partial charge in [-0.25, -0.2) is 0 Å². The normalized spacial score (nSPS) is 26.0. The molecule has 1 heterocycles. The van der Waals surface area contributed by atoms with E-state index < -0.39 is 0 Å². The first-order valence-electron chi connectivity index (χ1n) is 8.46. The average molecular weight is 306 g/mol. The van der Waals surface area contributed by atoms with Crippen molar-refractivity contribution < 1.29 is 0 Å². The maximum absolute atomic E-state index is 4.35. The highest BCUT2D eigenvalue weighted by Crippen LogP contribution is 2.28. The minimum absolute atomic E-state index is 0.533. The molecule has 6 nitrogen and oxygen atoms in total. The lowest BCUT2D eigenvalue weighted by atomic mass is 9.80. The molecule has 1 aliphatic rings. The van der Waals surface area contributed by atoms with E-state index in [0.717, 1.165) is 43.1 Å². The lowest BCUT2D eigenvalue weighted by molar-refractivity contribution is 0.255. The first kappa shape index (κ1) is 16.8. The Morgan fingerprint density at radius 2 is 2.05 bits per heavy atom. The van der Waals surface area contributed by atoms with Gasteiger partial charge in [0, 0.05) is 32.6 Å². The second kappa shape index (κ2) is 8.15. The summed E-state index contributed by atoms with van der Waals surface area (Å²) in [7, 11) is 1.83. The third kappa shape index (κ3) is 4.71. The molecule has 2 N–H and O–H groups in total. The molecule has 0 aliphatic heterocycles. The molecule has 1 fully saturated rings. The number of hydrogen-bond donors (Lipinski definition) is 2. The number of nitrogens with zero attached hydrogens (tertiary/aromatic N) is 4. The van der Waals surface area contributed by atoms with Gasteiger partial charge in [0.05, 0.1) is 0 Å². The fraction of sp³-hybridized carbons (Fsp3) is 0.812. The third-order valence-corrected chi connectivity index (χ3v) is 4.40. The standard InChI is InChI=1S/C16H30N6/c1-5-15-21-19-11-22(15)7-6-18-16(17-4)20-14-9-12(2)8-13(3)10-14/h11-14H,5-10H2,1-4H3,(H2,17,18,20). The van der Waals surface area contributed by atoms with Crippen LogP contribution in [-0.4, -0.2) is 40.4 Å². The molecule has 0 amide bonds. The van der Waals surface area contributed by atoms with E-state index in [4.69, 9.17) is 0 Å². The van der Waals surface area contributed by atoms with E-state index in [9.17, 15) is 0 Å². The van der Waals surface area contributed by atoms with Gasteiger partial charge in [-0.15, -0.1) is 10.2 Å². The molecule has 1 saturated carbocycles. The molecule has 0 radical (unpaired) electrons. The van der Waals surface area contributed by atoms with Crippen LogP contribution in [0.2, 0.25) is 0 Å². The van der Waals surface area contributed by atoms with Crippen molar-refractivity contribution in [2.45, 2.75) is 59.0 Å². The van der Waals surface area contributed by atoms with Crippen LogP contribution in [-0.2, 0) is 13.0 Å². The van der Waals surface area contributed by atoms with Gasteiger partial charge >= 0.3 is 0 Å². The zero-order valence-electron chi connectivity index (χ0n) is 14.3. The Morgan fingerprint density at radius 3 is 2.68 bits per heavy atom. The molecule has 2 atom stereocenters. The highest BCUT2D eigenvalue weighted by Gasteiger charge is 2.24. The van der Waals surface area contributed by atoms with E-state index in [1.54, 1.807) is 6.33 Å². The largest absolute Gasteiger partial charge is 0.355 e. The molecule has 1 aliphatic carbocycles. The van der Waals surface area contributed by atoms with Crippen LogP contribution < -0.4 is 10.6 Å². The molecule has 1 aromatic rings. The van der Waals surface area contributed by atoms with Crippen LogP contribution in [0.5, 0.6) is 0 Å². The number of aromatic nitrogens is 3. The zero-order chi connectivity index (χ0) is 15.9. The number of nitrogens with one attached hydrogen (secondary N) is 2. The Bertz CT molecular complexity index is 471. The van der Waals surface area contributed by atoms with Crippen LogP contribution in [0, 0.1) is 11.8 Å². The van der Waals surface area contributed by atoms with Crippen molar-refractivity contribution in [3.8, 4) is 0 Å². The number of rotatable bonds is 5. The van der Waals surface area contributed by atoms with E-state index in [1.807, 2.05) is 7.05 Å². The maximum Gasteiger partial charge on any atom is 0.191 e. The molecule has 6 heteroatoms. The van der Waals surface area contributed by atoms with Gasteiger partial charge in [0.1, 0.15) is 12.2 Å². The van der Waals surface area contributed by atoms with Gasteiger partial charge in [-0.2, -0.15) is 0 Å². The van der Waals surface area contributed by atoms with E-state index >= 15 is 0 Å². The van der Waals surface area contributed by atoms with Crippen LogP contribution in [0.3, 0.4) is 0 Å². The molecular weight excluding hydrogens is 276 g/mol. The predicted molar refractivity (Wildman–Crippen MR) is 89.9 cm³/mol. The summed E-state index contributed by atoms with van der Waals surface area (Å²) in [5.74, 6) is 3.52. The maximum atomic E-state index is 4.35. The van der Waals surface area contributed by atoms with Crippen LogP contribution in [0.1, 0.15) is 45.9 Å². The molecule has 22 heavy (non-hydrogen) atoms. The van der Waals surface area contributed by atoms with E-state index in [2.05, 4.69) is 51.2 Å². The third-order valence-electron chi connectivity index (χ3n) is 4.40. The Morgan fingerprint density at radius 1 is 1.32 bits per heavy atom. The fourth-order valence-electron chi connectivity index (χ4n) is 3.49. The van der Waals surface area contributed by atoms with Gasteiger partial charge in [-0.1, -0.05) is 20.8 Å². The second-order valence-corrected chi connectivity index (χ2v) is 6.55. The minimum Gasteiger partial charge on any atom is -0.355 e. The quantitative estimate of drug-likeness (QED) is 0.643. The lowest BCUT2D eigenvalue weighted by Crippen LogP contribution is -2.46. The van der Waals surface area contributed by atoms with Crippen molar-refractivity contribution in [2.75, 3.05) is 13.6 Å². The summed E-state index contributed by atoms with van der Waals surface area (Å²) in [5, 5.41) is 15.0. The van der Waals surface area contributed by atoms with Gasteiger partial charge in [-0.3, -0.25) is 4.99 Å². The van der Waals surface area contributed by atoms with Crippen molar-refractivity contribution in [1.82, 2.24) is 25.4 Å². The lowest BCUT2D eigenvalue weighted by Gasteiger charge is -2.32.